The van der Waals surface area contributed by atoms with Crippen LogP contribution in [0.25, 0.3) is 10.9 Å². The summed E-state index contributed by atoms with van der Waals surface area (Å²) in [7, 11) is -2.90. The van der Waals surface area contributed by atoms with E-state index in [2.05, 4.69) is 25.6 Å². The molecule has 2 aromatic carbocycles. The number of aromatic nitrogens is 3. The largest absolute Gasteiger partial charge is 0.494 e. The number of alkyl halides is 3. The molecule has 2 N–H and O–H groups in total. The molecule has 19 heteroatoms. The van der Waals surface area contributed by atoms with Crippen LogP contribution in [0.2, 0.25) is 0 Å². The molecule has 1 saturated carbocycles. The van der Waals surface area contributed by atoms with Crippen molar-refractivity contribution in [1.29, 1.82) is 0 Å². The number of amides is 5. The predicted octanol–water partition coefficient (Wildman–Crippen LogP) is 5.20. The number of benzene rings is 2. The minimum atomic E-state index is -4.77. The van der Waals surface area contributed by atoms with Crippen molar-refractivity contribution in [3.05, 3.63) is 71.7 Å². The number of carbonyl (C=O) groups excluding carboxylic acids is 4. The molecule has 0 bridgehead atoms. The van der Waals surface area contributed by atoms with Gasteiger partial charge in [0.15, 0.2) is 11.6 Å². The van der Waals surface area contributed by atoms with Gasteiger partial charge in [-0.2, -0.15) is 18.3 Å². The fraction of sp³-hybridized carbons (Fsp3) is 0.436. The molecule has 0 radical (unpaired) electrons. The Morgan fingerprint density at radius 2 is 1.66 bits per heavy atom. The Bertz CT molecular complexity index is 2350. The zero-order valence-electron chi connectivity index (χ0n) is 33.9. The number of nitrogens with zero attached hydrogens (tertiary/aromatic N) is 7. The summed E-state index contributed by atoms with van der Waals surface area (Å²) in [6, 6.07) is 7.38. The van der Waals surface area contributed by atoms with Crippen LogP contribution < -0.4 is 25.2 Å². The van der Waals surface area contributed by atoms with E-state index in [0.717, 1.165) is 60.9 Å². The van der Waals surface area contributed by atoms with E-state index in [9.17, 15) is 32.3 Å². The number of nitrogens with one attached hydrogen (secondary N) is 2. The average Bonchev–Trinajstić information content (AvgIpc) is 3.60. The molecule has 3 aliphatic heterocycles. The van der Waals surface area contributed by atoms with Crippen LogP contribution >= 0.6 is 0 Å². The Morgan fingerprint density at radius 3 is 2.33 bits per heavy atom. The number of hydrogen-bond donors (Lipinski definition) is 2. The van der Waals surface area contributed by atoms with Crippen LogP contribution in [0.5, 0.6) is 5.75 Å². The molecule has 0 spiro atoms. The Kier molecular flexibility index (Phi) is 9.43. The van der Waals surface area contributed by atoms with Gasteiger partial charge in [-0.1, -0.05) is 6.07 Å². The third-order valence-electron chi connectivity index (χ3n) is 11.4. The maximum absolute atomic E-state index is 15.0. The van der Waals surface area contributed by atoms with Gasteiger partial charge in [0, 0.05) is 81.6 Å². The lowest BCUT2D eigenvalue weighted by Gasteiger charge is -2.45. The predicted molar refractivity (Wildman–Crippen MR) is 200 cm³/mol. The number of pyridine rings is 1. The highest BCUT2D eigenvalue weighted by Gasteiger charge is 2.39. The third-order valence-corrected chi connectivity index (χ3v) is 11.4. The summed E-state index contributed by atoms with van der Waals surface area (Å²) in [6.07, 6.45) is 0.205. The normalized spacial score (nSPS) is 21.9. The van der Waals surface area contributed by atoms with Crippen LogP contribution in [0.3, 0.4) is 0 Å². The van der Waals surface area contributed by atoms with Crippen LogP contribution in [0, 0.1) is 17.6 Å². The average molecular weight is 813 g/mol. The molecule has 1 aliphatic carbocycles. The molecule has 0 atom stereocenters. The molecule has 0 unspecified atom stereocenters. The van der Waals surface area contributed by atoms with Crippen LogP contribution in [0.15, 0.2) is 48.7 Å². The van der Waals surface area contributed by atoms with Gasteiger partial charge in [0.2, 0.25) is 11.8 Å². The van der Waals surface area contributed by atoms with Gasteiger partial charge in [0.1, 0.15) is 22.8 Å². The summed E-state index contributed by atoms with van der Waals surface area (Å²) in [5.74, 6) is -3.97. The maximum Gasteiger partial charge on any atom is 0.433 e. The van der Waals surface area contributed by atoms with Gasteiger partial charge < -0.3 is 19.9 Å². The molecule has 5 heterocycles. The Morgan fingerprint density at radius 1 is 0.948 bits per heavy atom. The number of fused-ring (bicyclic) bond motifs is 1. The number of rotatable bonds is 8. The number of carbonyl (C=O) groups is 4. The van der Waals surface area contributed by atoms with E-state index >= 15 is 8.78 Å². The smallest absolute Gasteiger partial charge is 0.433 e. The Balaban J connectivity index is 0.838. The lowest BCUT2D eigenvalue weighted by atomic mass is 9.89. The van der Waals surface area contributed by atoms with Gasteiger partial charge in [-0.15, -0.1) is 0 Å². The molecular weight excluding hydrogens is 769 g/mol. The van der Waals surface area contributed by atoms with Crippen molar-refractivity contribution in [2.45, 2.75) is 50.4 Å². The molecule has 2 aromatic heterocycles. The molecule has 4 fully saturated rings. The summed E-state index contributed by atoms with van der Waals surface area (Å²) < 4.78 is 99.5. The first kappa shape index (κ1) is 35.3. The van der Waals surface area contributed by atoms with Crippen LogP contribution in [-0.2, 0) is 15.8 Å². The van der Waals surface area contributed by atoms with E-state index in [1.54, 1.807) is 15.8 Å². The molecule has 14 nitrogen and oxygen atoms in total. The van der Waals surface area contributed by atoms with Gasteiger partial charge in [0.25, 0.3) is 5.91 Å². The van der Waals surface area contributed by atoms with E-state index in [1.807, 2.05) is 4.90 Å². The topological polar surface area (TPSA) is 145 Å². The first-order valence-corrected chi connectivity index (χ1v) is 18.9. The number of hydrogen-bond acceptors (Lipinski definition) is 9. The first-order chi connectivity index (χ1) is 28.9. The molecule has 58 heavy (non-hydrogen) atoms. The number of imide groups is 1. The number of halogens is 5. The van der Waals surface area contributed by atoms with Crippen molar-refractivity contribution >= 4 is 51.7 Å². The number of piperazine rings is 1. The maximum atomic E-state index is 15.0. The summed E-state index contributed by atoms with van der Waals surface area (Å²) in [6.45, 7) is 2.91. The highest BCUT2D eigenvalue weighted by atomic mass is 19.4. The molecule has 5 amide bonds. The Hall–Kier alpha value is -5.85. The molecule has 4 aliphatic rings. The highest BCUT2D eigenvalue weighted by molar-refractivity contribution is 6.06. The second-order valence-corrected chi connectivity index (χ2v) is 14.9. The van der Waals surface area contributed by atoms with Gasteiger partial charge in [0.05, 0.1) is 34.3 Å². The monoisotopic (exact) mass is 812 g/mol. The van der Waals surface area contributed by atoms with Gasteiger partial charge in [-0.25, -0.2) is 18.6 Å². The van der Waals surface area contributed by atoms with Crippen molar-refractivity contribution in [3.8, 4) is 5.75 Å². The number of methoxy groups -OCH3 is 1. The van der Waals surface area contributed by atoms with Crippen LogP contribution in [-0.4, -0.2) is 107 Å². The van der Waals surface area contributed by atoms with E-state index in [0.29, 0.717) is 50.2 Å². The lowest BCUT2D eigenvalue weighted by molar-refractivity contribution is -0.141. The molecule has 306 valence electrons. The summed E-state index contributed by atoms with van der Waals surface area (Å²) in [4.78, 5) is 60.2. The summed E-state index contributed by atoms with van der Waals surface area (Å²) in [5.41, 5.74) is -1.73. The van der Waals surface area contributed by atoms with Crippen LogP contribution in [0.4, 0.5) is 43.8 Å². The van der Waals surface area contributed by atoms with Crippen molar-refractivity contribution in [2.75, 3.05) is 68.0 Å². The SMILES string of the molecule is [2H]C([2H])([2H])Oc1cc2nn(C3CCC(N4CCN(C(=O)C5CN(c6cc(F)c(N7CCC(=O)NC7=O)c(F)c6)C5)CC4)CC3)cc2cc1NC(=O)c1cccc(C(F)(F)F)n1. The third kappa shape index (κ3) is 7.73. The van der Waals surface area contributed by atoms with Gasteiger partial charge in [-0.3, -0.25) is 34.2 Å². The van der Waals surface area contributed by atoms with Crippen molar-refractivity contribution in [2.24, 2.45) is 5.92 Å². The fourth-order valence-corrected chi connectivity index (χ4v) is 8.22. The second kappa shape index (κ2) is 15.5. The minimum absolute atomic E-state index is 0.0138. The van der Waals surface area contributed by atoms with E-state index in [4.69, 9.17) is 8.85 Å². The summed E-state index contributed by atoms with van der Waals surface area (Å²) >= 11 is 0. The zero-order valence-corrected chi connectivity index (χ0v) is 30.9. The van der Waals surface area contributed by atoms with Crippen molar-refractivity contribution < 1.29 is 50.0 Å². The fourth-order valence-electron chi connectivity index (χ4n) is 8.22. The Labute approximate surface area is 333 Å². The molecule has 8 rings (SSSR count). The quantitative estimate of drug-likeness (QED) is 0.230. The zero-order chi connectivity index (χ0) is 43.4. The van der Waals surface area contributed by atoms with E-state index < -0.39 is 59.8 Å². The number of ether oxygens (including phenoxy) is 1. The summed E-state index contributed by atoms with van der Waals surface area (Å²) in [5, 5.41) is 9.72. The molecule has 3 saturated heterocycles. The molecule has 4 aromatic rings. The van der Waals surface area contributed by atoms with Crippen molar-refractivity contribution in [1.82, 2.24) is 29.9 Å². The van der Waals surface area contributed by atoms with Crippen LogP contribution in [0.1, 0.15) is 58.4 Å². The lowest BCUT2D eigenvalue weighted by Crippen LogP contribution is -2.59. The first-order valence-electron chi connectivity index (χ1n) is 20.4. The van der Waals surface area contributed by atoms with Gasteiger partial charge >= 0.3 is 12.2 Å². The van der Waals surface area contributed by atoms with E-state index in [1.165, 1.54) is 12.1 Å². The standard InChI is InChI=1S/C39H40F5N9O5/c1-58-32-18-30-22(15-31(32)46-36(55)29-3-2-4-33(45-29)39(42,43)44)21-53(48-30)25-7-5-24(6-8-25)49-11-13-50(14-12-49)37(56)23-19-51(20-23)26-16-27(40)35(28(41)17-26)52-10-9-34(54)47-38(52)57/h2-4,15-18,21,23-25H,5-14,19-20H2,1H3,(H,46,55)(H,47,54,57)/i1D3. The second-order valence-electron chi connectivity index (χ2n) is 14.9. The highest BCUT2D eigenvalue weighted by Crippen LogP contribution is 2.37. The minimum Gasteiger partial charge on any atom is -0.494 e. The number of anilines is 3. The van der Waals surface area contributed by atoms with Gasteiger partial charge in [-0.05, 0) is 56.0 Å². The van der Waals surface area contributed by atoms with Crippen molar-refractivity contribution in [3.63, 3.8) is 0 Å². The van der Waals surface area contributed by atoms with E-state index in [-0.39, 0.29) is 54.0 Å². The molecular formula is C39H40F5N9O5. The number of urea groups is 1.